The van der Waals surface area contributed by atoms with Gasteiger partial charge in [-0.05, 0) is 68.3 Å². The number of carbonyl (C=O) groups is 1. The molecule has 1 saturated heterocycles. The minimum atomic E-state index is -5.80. The highest BCUT2D eigenvalue weighted by molar-refractivity contribution is 6.05. The fraction of sp³-hybridized carbons (Fsp3) is 0.367. The number of hydrogen-bond donors (Lipinski definition) is 4. The molecule has 0 aliphatic carbocycles. The van der Waals surface area contributed by atoms with E-state index in [2.05, 4.69) is 30.9 Å². The number of fused-ring (bicyclic) bond motifs is 1. The van der Waals surface area contributed by atoms with E-state index in [9.17, 15) is 31.1 Å². The van der Waals surface area contributed by atoms with Crippen molar-refractivity contribution in [3.05, 3.63) is 89.5 Å². The second-order valence-corrected chi connectivity index (χ2v) is 10.6. The zero-order valence-corrected chi connectivity index (χ0v) is 23.5. The van der Waals surface area contributed by atoms with Crippen LogP contribution >= 0.6 is 0 Å². The fourth-order valence-electron chi connectivity index (χ4n) is 5.33. The summed E-state index contributed by atoms with van der Waals surface area (Å²) in [6.45, 7) is 1.97. The molecule has 1 aliphatic heterocycles. The van der Waals surface area contributed by atoms with Crippen LogP contribution in [0.25, 0.3) is 11.0 Å². The maximum Gasteiger partial charge on any atom is 0.430 e. The molecular weight excluding hydrogens is 590 g/mol. The number of carbonyl (C=O) groups excluding carboxylic acids is 1. The number of ether oxygens (including phenoxy) is 1. The Kier molecular flexibility index (Phi) is 8.95. The summed E-state index contributed by atoms with van der Waals surface area (Å²) in [6.07, 6.45) is -5.59. The normalized spacial score (nSPS) is 16.8. The molecule has 0 saturated carbocycles. The first-order valence-corrected chi connectivity index (χ1v) is 13.9. The fourth-order valence-corrected chi connectivity index (χ4v) is 5.33. The van der Waals surface area contributed by atoms with Gasteiger partial charge in [0, 0.05) is 53.9 Å². The third-order valence-corrected chi connectivity index (χ3v) is 7.65. The second-order valence-electron chi connectivity index (χ2n) is 10.6. The van der Waals surface area contributed by atoms with Crippen molar-refractivity contribution in [1.29, 1.82) is 0 Å². The molecule has 0 bridgehead atoms. The Labute approximate surface area is 248 Å². The van der Waals surface area contributed by atoms with Crippen LogP contribution in [0.2, 0.25) is 0 Å². The molecule has 44 heavy (non-hydrogen) atoms. The Morgan fingerprint density at radius 3 is 2.45 bits per heavy atom. The van der Waals surface area contributed by atoms with Gasteiger partial charge in [-0.15, -0.1) is 0 Å². The topological polar surface area (TPSA) is 104 Å². The molecule has 2 atom stereocenters. The van der Waals surface area contributed by atoms with Crippen LogP contribution in [0.3, 0.4) is 0 Å². The van der Waals surface area contributed by atoms with E-state index in [1.165, 1.54) is 12.3 Å². The second kappa shape index (κ2) is 12.5. The van der Waals surface area contributed by atoms with Gasteiger partial charge < -0.3 is 25.7 Å². The van der Waals surface area contributed by atoms with Crippen LogP contribution in [0.1, 0.15) is 53.0 Å². The first-order chi connectivity index (χ1) is 20.9. The van der Waals surface area contributed by atoms with Crippen molar-refractivity contribution < 1.29 is 35.9 Å². The lowest BCUT2D eigenvalue weighted by molar-refractivity contribution is -0.390. The number of H-pyrrole nitrogens is 1. The number of nitrogens with zero attached hydrogens (tertiary/aromatic N) is 2. The summed E-state index contributed by atoms with van der Waals surface area (Å²) >= 11 is 0. The Morgan fingerprint density at radius 2 is 1.77 bits per heavy atom. The largest absolute Gasteiger partial charge is 0.430 e. The van der Waals surface area contributed by atoms with Gasteiger partial charge in [-0.3, -0.25) is 9.78 Å². The van der Waals surface area contributed by atoms with Crippen molar-refractivity contribution in [3.8, 4) is 0 Å². The number of hydrogen-bond acceptors (Lipinski definition) is 6. The lowest BCUT2D eigenvalue weighted by atomic mass is 9.91. The predicted molar refractivity (Wildman–Crippen MR) is 151 cm³/mol. The number of nitrogens with one attached hydrogen (secondary N) is 4. The number of aromatic amines is 1. The van der Waals surface area contributed by atoms with Crippen molar-refractivity contribution in [2.45, 2.75) is 56.3 Å². The van der Waals surface area contributed by atoms with Gasteiger partial charge in [-0.25, -0.2) is 4.98 Å². The first-order valence-electron chi connectivity index (χ1n) is 13.9. The van der Waals surface area contributed by atoms with Gasteiger partial charge in [0.05, 0.1) is 17.9 Å². The SMILES string of the molecule is C[C@@H](NCc1ccnc2[nH]ccc12)c1ncccc1C(=O)Nc1ccc(C(OC[C@@H]2CCCN2)(C(F)(F)F)C(F)(F)F)cc1. The quantitative estimate of drug-likeness (QED) is 0.159. The van der Waals surface area contributed by atoms with Crippen molar-refractivity contribution in [2.75, 3.05) is 18.5 Å². The number of amides is 1. The molecule has 0 spiro atoms. The highest BCUT2D eigenvalue weighted by Gasteiger charge is 2.73. The summed E-state index contributed by atoms with van der Waals surface area (Å²) in [5, 5.41) is 9.66. The van der Waals surface area contributed by atoms with E-state index in [1.54, 1.807) is 18.5 Å². The van der Waals surface area contributed by atoms with Crippen molar-refractivity contribution in [2.24, 2.45) is 0 Å². The molecule has 0 unspecified atom stereocenters. The molecule has 5 rings (SSSR count). The highest BCUT2D eigenvalue weighted by atomic mass is 19.4. The smallest absolute Gasteiger partial charge is 0.352 e. The van der Waals surface area contributed by atoms with Crippen LogP contribution in [-0.4, -0.2) is 52.4 Å². The number of aromatic nitrogens is 3. The number of anilines is 1. The summed E-state index contributed by atoms with van der Waals surface area (Å²) in [5.41, 5.74) is -3.38. The van der Waals surface area contributed by atoms with E-state index in [1.807, 2.05) is 19.1 Å². The molecular formula is C30H30F6N6O2. The number of halogens is 6. The summed E-state index contributed by atoms with van der Waals surface area (Å²) in [5.74, 6) is -0.632. The summed E-state index contributed by atoms with van der Waals surface area (Å²) in [7, 11) is 0. The molecule has 3 aromatic heterocycles. The maximum atomic E-state index is 14.2. The van der Waals surface area contributed by atoms with E-state index < -0.39 is 48.1 Å². The molecule has 1 amide bonds. The Morgan fingerprint density at radius 1 is 1.02 bits per heavy atom. The number of alkyl halides is 6. The third kappa shape index (κ3) is 6.28. The number of pyridine rings is 2. The molecule has 1 aromatic carbocycles. The lowest BCUT2D eigenvalue weighted by Gasteiger charge is -2.38. The number of rotatable bonds is 10. The van der Waals surface area contributed by atoms with Gasteiger partial charge in [0.2, 0.25) is 0 Å². The molecule has 4 heterocycles. The van der Waals surface area contributed by atoms with Crippen molar-refractivity contribution >= 4 is 22.6 Å². The zero-order valence-electron chi connectivity index (χ0n) is 23.5. The predicted octanol–water partition coefficient (Wildman–Crippen LogP) is 6.15. The zero-order chi connectivity index (χ0) is 31.5. The molecule has 14 heteroatoms. The monoisotopic (exact) mass is 620 g/mol. The average molecular weight is 621 g/mol. The molecule has 1 aliphatic rings. The lowest BCUT2D eigenvalue weighted by Crippen LogP contribution is -2.57. The van der Waals surface area contributed by atoms with Gasteiger partial charge in [-0.1, -0.05) is 12.1 Å². The third-order valence-electron chi connectivity index (χ3n) is 7.65. The van der Waals surface area contributed by atoms with Crippen molar-refractivity contribution in [1.82, 2.24) is 25.6 Å². The van der Waals surface area contributed by atoms with E-state index >= 15 is 0 Å². The molecule has 234 valence electrons. The van der Waals surface area contributed by atoms with Gasteiger partial charge in [0.15, 0.2) is 0 Å². The van der Waals surface area contributed by atoms with Crippen LogP contribution in [0.5, 0.6) is 0 Å². The van der Waals surface area contributed by atoms with E-state index in [4.69, 9.17) is 4.74 Å². The Bertz CT molecular complexity index is 1570. The van der Waals surface area contributed by atoms with E-state index in [0.717, 1.165) is 28.7 Å². The molecule has 1 fully saturated rings. The van der Waals surface area contributed by atoms with Crippen molar-refractivity contribution in [3.63, 3.8) is 0 Å². The van der Waals surface area contributed by atoms with Gasteiger partial charge >= 0.3 is 12.4 Å². The summed E-state index contributed by atoms with van der Waals surface area (Å²) in [4.78, 5) is 24.9. The van der Waals surface area contributed by atoms with Gasteiger partial charge in [-0.2, -0.15) is 26.3 Å². The Balaban J connectivity index is 1.33. The van der Waals surface area contributed by atoms with Crippen LogP contribution in [0.15, 0.2) is 67.1 Å². The average Bonchev–Trinajstić information content (AvgIpc) is 3.68. The molecule has 8 nitrogen and oxygen atoms in total. The molecule has 4 N–H and O–H groups in total. The Hall–Kier alpha value is -4.01. The summed E-state index contributed by atoms with van der Waals surface area (Å²) in [6, 6.07) is 9.15. The molecule has 0 radical (unpaired) electrons. The first kappa shape index (κ1) is 31.4. The standard InChI is InChI=1S/C30H30F6N6O2/c1-18(41-16-19-10-14-39-26-23(19)11-15-40-26)25-24(5-3-13-38-25)27(43)42-21-8-6-20(7-9-21)28(29(31,32)33,30(34,35)36)44-17-22-4-2-12-37-22/h3,5-11,13-15,18,22,37,41H,2,4,12,16-17H2,1H3,(H,39,40)(H,42,43)/t18-,22+/m1/s1. The van der Waals surface area contributed by atoms with Crippen LogP contribution < -0.4 is 16.0 Å². The van der Waals surface area contributed by atoms with E-state index in [-0.39, 0.29) is 11.3 Å². The van der Waals surface area contributed by atoms with Crippen LogP contribution in [0, 0.1) is 0 Å². The maximum absolute atomic E-state index is 14.2. The minimum absolute atomic E-state index is 0.00323. The van der Waals surface area contributed by atoms with Crippen LogP contribution in [0.4, 0.5) is 32.0 Å². The molecule has 4 aromatic rings. The number of benzene rings is 1. The minimum Gasteiger partial charge on any atom is -0.352 e. The van der Waals surface area contributed by atoms with Crippen LogP contribution in [-0.2, 0) is 16.9 Å². The van der Waals surface area contributed by atoms with E-state index in [0.29, 0.717) is 43.8 Å². The highest BCUT2D eigenvalue weighted by Crippen LogP contribution is 2.53. The van der Waals surface area contributed by atoms with Gasteiger partial charge in [0.25, 0.3) is 11.5 Å². The summed E-state index contributed by atoms with van der Waals surface area (Å²) < 4.78 is 89.7. The van der Waals surface area contributed by atoms with Gasteiger partial charge in [0.1, 0.15) is 5.65 Å².